The Morgan fingerprint density at radius 3 is 2.50 bits per heavy atom. The van der Waals surface area contributed by atoms with E-state index in [2.05, 4.69) is 42.8 Å². The number of hydrogen-bond donors (Lipinski definition) is 0. The first kappa shape index (κ1) is 17.1. The molecule has 1 saturated heterocycles. The summed E-state index contributed by atoms with van der Waals surface area (Å²) in [5, 5.41) is 3.05. The van der Waals surface area contributed by atoms with Crippen LogP contribution >= 0.6 is 11.6 Å². The highest BCUT2D eigenvalue weighted by molar-refractivity contribution is 6.30. The van der Waals surface area contributed by atoms with Gasteiger partial charge in [-0.05, 0) is 41.3 Å². The lowest BCUT2D eigenvalue weighted by Crippen LogP contribution is -2.46. The standard InChI is InChI=1S/C17H21ClN2.C2H6/c1-4-12-9-20(10-12)16-6-5-13(11(2)3)14-7-17(18)19-8-15(14)16;1-2/h5-8,11-12H,4,9-10H2,1-3H3;1-2H3. The molecule has 0 atom stereocenters. The number of aromatic nitrogens is 1. The minimum Gasteiger partial charge on any atom is -0.370 e. The van der Waals surface area contributed by atoms with Gasteiger partial charge in [0.05, 0.1) is 0 Å². The Balaban J connectivity index is 0.000000847. The van der Waals surface area contributed by atoms with Gasteiger partial charge < -0.3 is 4.90 Å². The Morgan fingerprint density at radius 1 is 1.23 bits per heavy atom. The topological polar surface area (TPSA) is 16.1 Å². The average Bonchev–Trinajstić information content (AvgIpc) is 2.47. The highest BCUT2D eigenvalue weighted by atomic mass is 35.5. The first-order valence-electron chi connectivity index (χ1n) is 8.43. The maximum Gasteiger partial charge on any atom is 0.129 e. The molecule has 1 aromatic carbocycles. The van der Waals surface area contributed by atoms with Crippen LogP contribution in [-0.2, 0) is 0 Å². The second-order valence-electron chi connectivity index (χ2n) is 6.06. The third-order valence-corrected chi connectivity index (χ3v) is 4.58. The molecule has 22 heavy (non-hydrogen) atoms. The summed E-state index contributed by atoms with van der Waals surface area (Å²) in [5.74, 6) is 1.33. The largest absolute Gasteiger partial charge is 0.370 e. The Bertz CT molecular complexity index is 631. The monoisotopic (exact) mass is 318 g/mol. The number of anilines is 1. The van der Waals surface area contributed by atoms with Gasteiger partial charge in [-0.15, -0.1) is 0 Å². The van der Waals surface area contributed by atoms with Crippen molar-refractivity contribution < 1.29 is 0 Å². The summed E-state index contributed by atoms with van der Waals surface area (Å²) in [4.78, 5) is 6.74. The highest BCUT2D eigenvalue weighted by Crippen LogP contribution is 2.36. The first-order valence-corrected chi connectivity index (χ1v) is 8.81. The van der Waals surface area contributed by atoms with Crippen LogP contribution in [0.2, 0.25) is 5.15 Å². The normalized spacial score (nSPS) is 14.8. The van der Waals surface area contributed by atoms with E-state index >= 15 is 0 Å². The van der Waals surface area contributed by atoms with E-state index in [1.165, 1.54) is 28.4 Å². The molecule has 2 heterocycles. The number of halogens is 1. The van der Waals surface area contributed by atoms with Gasteiger partial charge in [-0.1, -0.05) is 52.3 Å². The van der Waals surface area contributed by atoms with Gasteiger partial charge in [0.1, 0.15) is 5.15 Å². The van der Waals surface area contributed by atoms with Crippen LogP contribution in [0.1, 0.15) is 52.5 Å². The molecule has 1 aliphatic heterocycles. The Labute approximate surface area is 139 Å². The van der Waals surface area contributed by atoms with E-state index in [0.29, 0.717) is 11.1 Å². The van der Waals surface area contributed by atoms with E-state index in [4.69, 9.17) is 11.6 Å². The number of fused-ring (bicyclic) bond motifs is 1. The molecule has 0 bridgehead atoms. The zero-order valence-electron chi connectivity index (χ0n) is 14.4. The van der Waals surface area contributed by atoms with E-state index in [1.54, 1.807) is 0 Å². The van der Waals surface area contributed by atoms with Crippen molar-refractivity contribution in [3.63, 3.8) is 0 Å². The molecule has 3 heteroatoms. The molecular weight excluding hydrogens is 292 g/mol. The molecule has 1 aromatic heterocycles. The Hall–Kier alpha value is -1.28. The molecule has 120 valence electrons. The fourth-order valence-electron chi connectivity index (χ4n) is 3.03. The van der Waals surface area contributed by atoms with Crippen LogP contribution in [0, 0.1) is 5.92 Å². The van der Waals surface area contributed by atoms with Crippen molar-refractivity contribution in [1.82, 2.24) is 4.98 Å². The average molecular weight is 319 g/mol. The van der Waals surface area contributed by atoms with E-state index in [0.717, 1.165) is 19.0 Å². The summed E-state index contributed by atoms with van der Waals surface area (Å²) in [6, 6.07) is 6.50. The predicted molar refractivity (Wildman–Crippen MR) is 98.2 cm³/mol. The molecule has 0 unspecified atom stereocenters. The number of rotatable bonds is 3. The van der Waals surface area contributed by atoms with Gasteiger partial charge in [0.25, 0.3) is 0 Å². The second kappa shape index (κ2) is 7.32. The summed E-state index contributed by atoms with van der Waals surface area (Å²) in [5.41, 5.74) is 2.65. The van der Waals surface area contributed by atoms with Crippen LogP contribution in [0.4, 0.5) is 5.69 Å². The molecular formula is C19H27ClN2. The van der Waals surface area contributed by atoms with Crippen LogP contribution < -0.4 is 4.90 Å². The van der Waals surface area contributed by atoms with Gasteiger partial charge >= 0.3 is 0 Å². The highest BCUT2D eigenvalue weighted by Gasteiger charge is 2.26. The van der Waals surface area contributed by atoms with E-state index in [9.17, 15) is 0 Å². The summed E-state index contributed by atoms with van der Waals surface area (Å²) in [6.45, 7) is 13.0. The Kier molecular flexibility index (Phi) is 5.69. The molecule has 0 N–H and O–H groups in total. The minimum atomic E-state index is 0.491. The lowest BCUT2D eigenvalue weighted by atomic mass is 9.92. The molecule has 0 amide bonds. The van der Waals surface area contributed by atoms with Gasteiger partial charge in [-0.2, -0.15) is 0 Å². The molecule has 2 nitrogen and oxygen atoms in total. The molecule has 1 fully saturated rings. The van der Waals surface area contributed by atoms with Crippen LogP contribution in [-0.4, -0.2) is 18.1 Å². The maximum absolute atomic E-state index is 6.10. The molecule has 3 rings (SSSR count). The van der Waals surface area contributed by atoms with E-state index < -0.39 is 0 Å². The van der Waals surface area contributed by atoms with Gasteiger partial charge in [-0.25, -0.2) is 4.98 Å². The van der Waals surface area contributed by atoms with Crippen LogP contribution in [0.5, 0.6) is 0 Å². The number of hydrogen-bond acceptors (Lipinski definition) is 2. The molecule has 0 spiro atoms. The van der Waals surface area contributed by atoms with Crippen molar-refractivity contribution in [3.05, 3.63) is 35.1 Å². The summed E-state index contributed by atoms with van der Waals surface area (Å²) in [7, 11) is 0. The predicted octanol–water partition coefficient (Wildman–Crippen LogP) is 5.88. The molecule has 0 saturated carbocycles. The summed E-state index contributed by atoms with van der Waals surface area (Å²) in [6.07, 6.45) is 3.20. The molecule has 2 aromatic rings. The maximum atomic E-state index is 6.10. The SMILES string of the molecule is CC.CCC1CN(c2ccc(C(C)C)c3cc(Cl)ncc23)C1. The van der Waals surface area contributed by atoms with Crippen molar-refractivity contribution in [1.29, 1.82) is 0 Å². The fourth-order valence-corrected chi connectivity index (χ4v) is 3.18. The van der Waals surface area contributed by atoms with Gasteiger partial charge in [0.15, 0.2) is 0 Å². The van der Waals surface area contributed by atoms with Crippen molar-refractivity contribution >= 4 is 28.1 Å². The molecule has 0 radical (unpaired) electrons. The number of pyridine rings is 1. The van der Waals surface area contributed by atoms with Gasteiger partial charge in [0, 0.05) is 30.4 Å². The van der Waals surface area contributed by atoms with Crippen LogP contribution in [0.25, 0.3) is 10.8 Å². The minimum absolute atomic E-state index is 0.491. The lowest BCUT2D eigenvalue weighted by molar-refractivity contribution is 0.399. The zero-order chi connectivity index (χ0) is 16.3. The Morgan fingerprint density at radius 2 is 1.91 bits per heavy atom. The zero-order valence-corrected chi connectivity index (χ0v) is 15.1. The molecule has 0 aliphatic carbocycles. The first-order chi connectivity index (χ1) is 10.6. The fraction of sp³-hybridized carbons (Fsp3) is 0.526. The van der Waals surface area contributed by atoms with Crippen molar-refractivity contribution in [2.75, 3.05) is 18.0 Å². The smallest absolute Gasteiger partial charge is 0.129 e. The van der Waals surface area contributed by atoms with Crippen molar-refractivity contribution in [2.24, 2.45) is 5.92 Å². The van der Waals surface area contributed by atoms with Crippen LogP contribution in [0.15, 0.2) is 24.4 Å². The van der Waals surface area contributed by atoms with Gasteiger partial charge in [0.2, 0.25) is 0 Å². The number of nitrogens with zero attached hydrogens (tertiary/aromatic N) is 2. The van der Waals surface area contributed by atoms with Crippen molar-refractivity contribution in [3.8, 4) is 0 Å². The summed E-state index contributed by atoms with van der Waals surface area (Å²) >= 11 is 6.10. The number of benzene rings is 1. The van der Waals surface area contributed by atoms with E-state index in [1.807, 2.05) is 26.1 Å². The third kappa shape index (κ3) is 3.22. The lowest BCUT2D eigenvalue weighted by Gasteiger charge is -2.41. The summed E-state index contributed by atoms with van der Waals surface area (Å²) < 4.78 is 0. The second-order valence-corrected chi connectivity index (χ2v) is 6.45. The third-order valence-electron chi connectivity index (χ3n) is 4.38. The molecule has 1 aliphatic rings. The van der Waals surface area contributed by atoms with Crippen molar-refractivity contribution in [2.45, 2.75) is 47.0 Å². The quantitative estimate of drug-likeness (QED) is 0.656. The van der Waals surface area contributed by atoms with Gasteiger partial charge in [-0.3, -0.25) is 0 Å². The van der Waals surface area contributed by atoms with Crippen LogP contribution in [0.3, 0.4) is 0 Å². The van der Waals surface area contributed by atoms with E-state index in [-0.39, 0.29) is 0 Å².